The van der Waals surface area contributed by atoms with Gasteiger partial charge in [0.05, 0.1) is 5.69 Å². The highest BCUT2D eigenvalue weighted by Crippen LogP contribution is 2.29. The maximum atomic E-state index is 4.14. The van der Waals surface area contributed by atoms with E-state index in [0.29, 0.717) is 0 Å². The number of hydrogen-bond acceptors (Lipinski definition) is 5. The van der Waals surface area contributed by atoms with E-state index in [1.54, 1.807) is 0 Å². The van der Waals surface area contributed by atoms with Crippen molar-refractivity contribution in [1.29, 1.82) is 0 Å². The minimum atomic E-state index is 0. The summed E-state index contributed by atoms with van der Waals surface area (Å²) in [6.45, 7) is 3.31. The lowest BCUT2D eigenvalue weighted by Crippen LogP contribution is -2.37. The topological polar surface area (TPSA) is 41.1 Å². The number of rotatable bonds is 2. The van der Waals surface area contributed by atoms with Crippen molar-refractivity contribution < 1.29 is 0 Å². The summed E-state index contributed by atoms with van der Waals surface area (Å²) in [6.07, 6.45) is 3.99. The highest BCUT2D eigenvalue weighted by atomic mass is 35.5. The van der Waals surface area contributed by atoms with Crippen LogP contribution in [0.25, 0.3) is 0 Å². The van der Waals surface area contributed by atoms with Crippen molar-refractivity contribution >= 4 is 23.9 Å². The molecule has 2 aliphatic heterocycles. The molecule has 90 valence electrons. The average molecular weight is 261 g/mol. The third-order valence-electron chi connectivity index (χ3n) is 3.56. The number of halogens is 1. The van der Waals surface area contributed by atoms with Crippen molar-refractivity contribution in [3.05, 3.63) is 11.1 Å². The van der Waals surface area contributed by atoms with Crippen molar-refractivity contribution in [2.45, 2.75) is 37.9 Å². The Morgan fingerprint density at radius 3 is 3.06 bits per heavy atom. The molecular formula is C10H17ClN4S. The van der Waals surface area contributed by atoms with E-state index >= 15 is 0 Å². The van der Waals surface area contributed by atoms with Gasteiger partial charge in [-0.1, -0.05) is 4.49 Å². The van der Waals surface area contributed by atoms with E-state index in [9.17, 15) is 0 Å². The minimum Gasteiger partial charge on any atom is -0.315 e. The van der Waals surface area contributed by atoms with Crippen LogP contribution in [0.3, 0.4) is 0 Å². The van der Waals surface area contributed by atoms with E-state index < -0.39 is 0 Å². The molecule has 2 aliphatic rings. The molecule has 3 rings (SSSR count). The molecule has 3 heterocycles. The molecule has 2 atom stereocenters. The van der Waals surface area contributed by atoms with Gasteiger partial charge in [-0.25, -0.2) is 0 Å². The molecule has 0 spiro atoms. The van der Waals surface area contributed by atoms with Gasteiger partial charge in [0.2, 0.25) is 0 Å². The summed E-state index contributed by atoms with van der Waals surface area (Å²) in [5.74, 6) is 0. The zero-order chi connectivity index (χ0) is 10.1. The third-order valence-corrected chi connectivity index (χ3v) is 4.11. The zero-order valence-electron chi connectivity index (χ0n) is 9.13. The molecular weight excluding hydrogens is 244 g/mol. The molecule has 16 heavy (non-hydrogen) atoms. The van der Waals surface area contributed by atoms with E-state index in [0.717, 1.165) is 30.9 Å². The maximum Gasteiger partial charge on any atom is 0.0895 e. The lowest BCUT2D eigenvalue weighted by Gasteiger charge is -2.26. The predicted octanol–water partition coefficient (Wildman–Crippen LogP) is 1.29. The van der Waals surface area contributed by atoms with E-state index in [2.05, 4.69) is 25.2 Å². The third kappa shape index (κ3) is 2.37. The van der Waals surface area contributed by atoms with Gasteiger partial charge in [0.25, 0.3) is 0 Å². The van der Waals surface area contributed by atoms with Gasteiger partial charge in [0, 0.05) is 30.6 Å². The van der Waals surface area contributed by atoms with Gasteiger partial charge in [-0.05, 0) is 37.3 Å². The van der Waals surface area contributed by atoms with E-state index in [1.807, 2.05) is 0 Å². The predicted molar refractivity (Wildman–Crippen MR) is 67.0 cm³/mol. The quantitative estimate of drug-likeness (QED) is 0.870. The number of nitrogens with zero attached hydrogens (tertiary/aromatic N) is 3. The van der Waals surface area contributed by atoms with Gasteiger partial charge < -0.3 is 5.32 Å². The first-order valence-corrected chi connectivity index (χ1v) is 6.49. The second-order valence-electron chi connectivity index (χ2n) is 4.45. The molecule has 2 unspecified atom stereocenters. The Morgan fingerprint density at radius 1 is 1.38 bits per heavy atom. The largest absolute Gasteiger partial charge is 0.315 e. The second kappa shape index (κ2) is 5.40. The van der Waals surface area contributed by atoms with Crippen molar-refractivity contribution in [2.24, 2.45) is 0 Å². The van der Waals surface area contributed by atoms with Crippen LogP contribution in [-0.2, 0) is 6.54 Å². The van der Waals surface area contributed by atoms with Crippen LogP contribution in [0.4, 0.5) is 0 Å². The van der Waals surface area contributed by atoms with Crippen LogP contribution in [0.1, 0.15) is 25.0 Å². The first kappa shape index (κ1) is 12.2. The Bertz CT molecular complexity index is 305. The van der Waals surface area contributed by atoms with Gasteiger partial charge in [0.1, 0.15) is 0 Å². The fourth-order valence-electron chi connectivity index (χ4n) is 2.78. The molecule has 0 saturated carbocycles. The fourth-order valence-corrected chi connectivity index (χ4v) is 3.22. The lowest BCUT2D eigenvalue weighted by molar-refractivity contribution is 0.191. The lowest BCUT2D eigenvalue weighted by atomic mass is 10.1. The standard InChI is InChI=1S/C10H16N4S.ClH/c1-2-10-5-11-4-3-9(1)14(10)6-8-7-15-13-12-8;/h7,9-11H,1-6H2;1H. The monoisotopic (exact) mass is 260 g/mol. The van der Waals surface area contributed by atoms with Crippen molar-refractivity contribution in [2.75, 3.05) is 13.1 Å². The molecule has 0 aromatic carbocycles. The normalized spacial score (nSPS) is 29.8. The molecule has 6 heteroatoms. The summed E-state index contributed by atoms with van der Waals surface area (Å²) < 4.78 is 3.93. The summed E-state index contributed by atoms with van der Waals surface area (Å²) in [7, 11) is 0. The summed E-state index contributed by atoms with van der Waals surface area (Å²) in [5.41, 5.74) is 1.14. The molecule has 1 N–H and O–H groups in total. The van der Waals surface area contributed by atoms with Crippen molar-refractivity contribution in [3.63, 3.8) is 0 Å². The van der Waals surface area contributed by atoms with E-state index in [-0.39, 0.29) is 12.4 Å². The zero-order valence-corrected chi connectivity index (χ0v) is 10.8. The minimum absolute atomic E-state index is 0. The molecule has 2 bridgehead atoms. The molecule has 1 aromatic rings. The van der Waals surface area contributed by atoms with E-state index in [1.165, 1.54) is 37.3 Å². The Morgan fingerprint density at radius 2 is 2.25 bits per heavy atom. The van der Waals surface area contributed by atoms with Crippen molar-refractivity contribution in [1.82, 2.24) is 19.8 Å². The smallest absolute Gasteiger partial charge is 0.0895 e. The number of fused-ring (bicyclic) bond motifs is 2. The molecule has 2 fully saturated rings. The molecule has 2 saturated heterocycles. The van der Waals surface area contributed by atoms with Crippen LogP contribution in [0.2, 0.25) is 0 Å². The fraction of sp³-hybridized carbons (Fsp3) is 0.800. The van der Waals surface area contributed by atoms with Gasteiger partial charge >= 0.3 is 0 Å². The molecule has 0 aliphatic carbocycles. The Labute approximate surface area is 106 Å². The van der Waals surface area contributed by atoms with Crippen LogP contribution in [-0.4, -0.2) is 39.7 Å². The van der Waals surface area contributed by atoms with Crippen molar-refractivity contribution in [3.8, 4) is 0 Å². The van der Waals surface area contributed by atoms with Gasteiger partial charge in [-0.3, -0.25) is 4.90 Å². The Kier molecular flexibility index (Phi) is 4.13. The Hall–Kier alpha value is -0.230. The van der Waals surface area contributed by atoms with Crippen LogP contribution in [0, 0.1) is 0 Å². The first-order chi connectivity index (χ1) is 7.43. The van der Waals surface area contributed by atoms with Crippen LogP contribution >= 0.6 is 23.9 Å². The number of hydrogen-bond donors (Lipinski definition) is 1. The molecule has 1 aromatic heterocycles. The highest BCUT2D eigenvalue weighted by Gasteiger charge is 2.34. The summed E-state index contributed by atoms with van der Waals surface area (Å²) in [6, 6.07) is 1.49. The van der Waals surface area contributed by atoms with Gasteiger partial charge in [-0.15, -0.1) is 17.5 Å². The number of aromatic nitrogens is 2. The molecule has 4 nitrogen and oxygen atoms in total. The summed E-state index contributed by atoms with van der Waals surface area (Å²) >= 11 is 1.45. The number of nitrogens with one attached hydrogen (secondary N) is 1. The highest BCUT2D eigenvalue weighted by molar-refractivity contribution is 7.03. The second-order valence-corrected chi connectivity index (χ2v) is 5.06. The summed E-state index contributed by atoms with van der Waals surface area (Å²) in [4.78, 5) is 2.62. The molecule has 0 amide bonds. The van der Waals surface area contributed by atoms with Crippen LogP contribution in [0.5, 0.6) is 0 Å². The van der Waals surface area contributed by atoms with Crippen LogP contribution < -0.4 is 5.32 Å². The summed E-state index contributed by atoms with van der Waals surface area (Å²) in [5, 5.41) is 9.72. The molecule has 0 radical (unpaired) electrons. The Balaban J connectivity index is 0.000000963. The first-order valence-electron chi connectivity index (χ1n) is 5.66. The maximum absolute atomic E-state index is 4.14. The van der Waals surface area contributed by atoms with Crippen LogP contribution in [0.15, 0.2) is 5.38 Å². The van der Waals surface area contributed by atoms with E-state index in [4.69, 9.17) is 0 Å². The van der Waals surface area contributed by atoms with Gasteiger partial charge in [-0.2, -0.15) is 0 Å². The van der Waals surface area contributed by atoms with Gasteiger partial charge in [0.15, 0.2) is 0 Å². The SMILES string of the molecule is Cl.c1snnc1CN1C2CCNCC1CC2. The average Bonchev–Trinajstić information content (AvgIpc) is 2.76.